The molecule has 0 saturated carbocycles. The van der Waals surface area contributed by atoms with Crippen molar-refractivity contribution in [2.45, 2.75) is 6.54 Å². The van der Waals surface area contributed by atoms with Crippen LogP contribution in [0.15, 0.2) is 36.5 Å². The van der Waals surface area contributed by atoms with Crippen LogP contribution in [-0.2, 0) is 16.8 Å². The van der Waals surface area contributed by atoms with E-state index in [0.29, 0.717) is 32.7 Å². The fourth-order valence-corrected chi connectivity index (χ4v) is 3.74. The number of hydrogen-bond acceptors (Lipinski definition) is 5. The third-order valence-corrected chi connectivity index (χ3v) is 6.01. The normalized spacial score (nSPS) is 17.5. The van der Waals surface area contributed by atoms with Crippen LogP contribution in [0, 0.1) is 0 Å². The zero-order valence-electron chi connectivity index (χ0n) is 13.9. The Morgan fingerprint density at radius 1 is 1.08 bits per heavy atom. The van der Waals surface area contributed by atoms with Gasteiger partial charge in [0.25, 0.3) is 10.2 Å². The summed E-state index contributed by atoms with van der Waals surface area (Å²) in [7, 11) is -0.202. The molecule has 8 nitrogen and oxygen atoms in total. The van der Waals surface area contributed by atoms with Gasteiger partial charge in [0.2, 0.25) is 0 Å². The number of benzene rings is 1. The maximum absolute atomic E-state index is 12.1. The zero-order chi connectivity index (χ0) is 17.2. The molecule has 2 aromatic rings. The Morgan fingerprint density at radius 3 is 2.38 bits per heavy atom. The smallest absolute Gasteiger partial charge is 0.281 e. The molecule has 9 heteroatoms. The number of rotatable bonds is 5. The molecule has 130 valence electrons. The molecule has 1 fully saturated rings. The van der Waals surface area contributed by atoms with E-state index in [9.17, 15) is 8.42 Å². The van der Waals surface area contributed by atoms with E-state index in [1.807, 2.05) is 36.5 Å². The van der Waals surface area contributed by atoms with Crippen LogP contribution in [0.5, 0.6) is 0 Å². The van der Waals surface area contributed by atoms with E-state index in [4.69, 9.17) is 0 Å². The molecule has 2 heterocycles. The van der Waals surface area contributed by atoms with Gasteiger partial charge in [-0.2, -0.15) is 17.0 Å². The Morgan fingerprint density at radius 2 is 1.75 bits per heavy atom. The average Bonchev–Trinajstić information content (AvgIpc) is 3.04. The van der Waals surface area contributed by atoms with E-state index in [0.717, 1.165) is 11.4 Å². The monoisotopic (exact) mass is 350 g/mol. The number of para-hydroxylation sites is 1. The van der Waals surface area contributed by atoms with E-state index < -0.39 is 10.2 Å². The van der Waals surface area contributed by atoms with Gasteiger partial charge in [0.1, 0.15) is 0 Å². The van der Waals surface area contributed by atoms with Gasteiger partial charge in [-0.05, 0) is 12.1 Å². The summed E-state index contributed by atoms with van der Waals surface area (Å²) in [6.07, 6.45) is 1.91. The van der Waals surface area contributed by atoms with Crippen LogP contribution >= 0.6 is 0 Å². The maximum Gasteiger partial charge on any atom is 0.281 e. The van der Waals surface area contributed by atoms with Crippen molar-refractivity contribution in [3.63, 3.8) is 0 Å². The van der Waals surface area contributed by atoms with Crippen LogP contribution in [0.2, 0.25) is 0 Å². The first-order valence-electron chi connectivity index (χ1n) is 7.83. The van der Waals surface area contributed by atoms with Crippen molar-refractivity contribution in [1.82, 2.24) is 28.5 Å². The molecule has 1 aliphatic heterocycles. The molecule has 0 bridgehead atoms. The lowest BCUT2D eigenvalue weighted by Crippen LogP contribution is -2.51. The maximum atomic E-state index is 12.1. The minimum absolute atomic E-state index is 0.493. The van der Waals surface area contributed by atoms with Crippen LogP contribution in [0.1, 0.15) is 5.69 Å². The Kier molecular flexibility index (Phi) is 4.95. The van der Waals surface area contributed by atoms with Crippen molar-refractivity contribution >= 4 is 10.2 Å². The van der Waals surface area contributed by atoms with Gasteiger partial charge < -0.3 is 0 Å². The van der Waals surface area contributed by atoms with Gasteiger partial charge >= 0.3 is 0 Å². The minimum atomic E-state index is -3.32. The predicted octanol–water partition coefficient (Wildman–Crippen LogP) is 0.191. The summed E-state index contributed by atoms with van der Waals surface area (Å²) in [5.41, 5.74) is 1.85. The van der Waals surface area contributed by atoms with Crippen molar-refractivity contribution in [2.24, 2.45) is 0 Å². The van der Waals surface area contributed by atoms with Crippen molar-refractivity contribution < 1.29 is 8.42 Å². The summed E-state index contributed by atoms with van der Waals surface area (Å²) in [6, 6.07) is 9.83. The minimum Gasteiger partial charge on any atom is -0.295 e. The van der Waals surface area contributed by atoms with E-state index in [1.54, 1.807) is 18.8 Å². The van der Waals surface area contributed by atoms with Gasteiger partial charge in [0, 0.05) is 46.8 Å². The SMILES string of the molecule is CN(C)S(=O)(=O)N1CCN(Cc2cn(-c3ccccc3)nn2)CC1. The van der Waals surface area contributed by atoms with Crippen LogP contribution in [0.3, 0.4) is 0 Å². The van der Waals surface area contributed by atoms with E-state index >= 15 is 0 Å². The highest BCUT2D eigenvalue weighted by Gasteiger charge is 2.28. The van der Waals surface area contributed by atoms with Gasteiger partial charge in [-0.25, -0.2) is 4.68 Å². The lowest BCUT2D eigenvalue weighted by atomic mass is 10.3. The van der Waals surface area contributed by atoms with E-state index in [1.165, 1.54) is 8.61 Å². The molecule has 0 spiro atoms. The molecule has 0 radical (unpaired) electrons. The second-order valence-corrected chi connectivity index (χ2v) is 8.10. The third kappa shape index (κ3) is 3.64. The Hall–Kier alpha value is -1.81. The van der Waals surface area contributed by atoms with Crippen LogP contribution in [0.25, 0.3) is 5.69 Å². The molecule has 0 amide bonds. The predicted molar refractivity (Wildman–Crippen MR) is 90.8 cm³/mol. The molecule has 0 unspecified atom stereocenters. The van der Waals surface area contributed by atoms with Crippen LogP contribution < -0.4 is 0 Å². The zero-order valence-corrected chi connectivity index (χ0v) is 14.7. The fourth-order valence-electron chi connectivity index (χ4n) is 2.66. The number of hydrogen-bond donors (Lipinski definition) is 0. The lowest BCUT2D eigenvalue weighted by molar-refractivity contribution is 0.175. The Bertz CT molecular complexity index is 766. The van der Waals surface area contributed by atoms with Gasteiger partial charge in [0.05, 0.1) is 17.6 Å². The molecule has 0 N–H and O–H groups in total. The van der Waals surface area contributed by atoms with Crippen LogP contribution in [-0.4, -0.2) is 77.2 Å². The second-order valence-electron chi connectivity index (χ2n) is 5.96. The average molecular weight is 350 g/mol. The highest BCUT2D eigenvalue weighted by Crippen LogP contribution is 2.12. The topological polar surface area (TPSA) is 74.6 Å². The standard InChI is InChI=1S/C15H22N6O2S/c1-18(2)24(22,23)20-10-8-19(9-11-20)12-14-13-21(17-16-14)15-6-4-3-5-7-15/h3-7,13H,8-12H2,1-2H3. The first kappa shape index (κ1) is 17.0. The second kappa shape index (κ2) is 6.98. The van der Waals surface area contributed by atoms with E-state index in [-0.39, 0.29) is 0 Å². The fraction of sp³-hybridized carbons (Fsp3) is 0.467. The molecule has 1 aliphatic rings. The summed E-state index contributed by atoms with van der Waals surface area (Å²) in [6.45, 7) is 3.03. The molecule has 1 aromatic heterocycles. The molecule has 1 saturated heterocycles. The van der Waals surface area contributed by atoms with Crippen molar-refractivity contribution in [3.05, 3.63) is 42.2 Å². The molecule has 0 atom stereocenters. The Balaban J connectivity index is 1.58. The van der Waals surface area contributed by atoms with Gasteiger partial charge in [0.15, 0.2) is 0 Å². The molecule has 3 rings (SSSR count). The lowest BCUT2D eigenvalue weighted by Gasteiger charge is -2.34. The van der Waals surface area contributed by atoms with Gasteiger partial charge in [-0.15, -0.1) is 5.10 Å². The highest BCUT2D eigenvalue weighted by atomic mass is 32.2. The number of piperazine rings is 1. The third-order valence-electron chi connectivity index (χ3n) is 4.07. The molecular formula is C15H22N6O2S. The first-order chi connectivity index (χ1) is 11.5. The summed E-state index contributed by atoms with van der Waals surface area (Å²) in [4.78, 5) is 2.20. The summed E-state index contributed by atoms with van der Waals surface area (Å²) in [5, 5.41) is 8.37. The van der Waals surface area contributed by atoms with Crippen molar-refractivity contribution in [3.8, 4) is 5.69 Å². The number of nitrogens with zero attached hydrogens (tertiary/aromatic N) is 6. The van der Waals surface area contributed by atoms with Crippen molar-refractivity contribution in [1.29, 1.82) is 0 Å². The summed E-state index contributed by atoms with van der Waals surface area (Å²) in [5.74, 6) is 0. The largest absolute Gasteiger partial charge is 0.295 e. The molecular weight excluding hydrogens is 328 g/mol. The summed E-state index contributed by atoms with van der Waals surface area (Å²) >= 11 is 0. The first-order valence-corrected chi connectivity index (χ1v) is 9.23. The molecule has 24 heavy (non-hydrogen) atoms. The quantitative estimate of drug-likeness (QED) is 0.770. The number of aromatic nitrogens is 3. The molecule has 1 aromatic carbocycles. The van der Waals surface area contributed by atoms with Crippen LogP contribution in [0.4, 0.5) is 0 Å². The van der Waals surface area contributed by atoms with Crippen molar-refractivity contribution in [2.75, 3.05) is 40.3 Å². The highest BCUT2D eigenvalue weighted by molar-refractivity contribution is 7.86. The van der Waals surface area contributed by atoms with E-state index in [2.05, 4.69) is 15.2 Å². The van der Waals surface area contributed by atoms with Gasteiger partial charge in [-0.3, -0.25) is 4.90 Å². The molecule has 0 aliphatic carbocycles. The summed E-state index contributed by atoms with van der Waals surface area (Å²) < 4.78 is 28.8. The van der Waals surface area contributed by atoms with Gasteiger partial charge in [-0.1, -0.05) is 23.4 Å². The Labute approximate surface area is 142 Å².